The Morgan fingerprint density at radius 1 is 1.43 bits per heavy atom. The molecule has 0 aliphatic carbocycles. The molecule has 0 unspecified atom stereocenters. The molecule has 0 spiro atoms. The Balaban J connectivity index is 0. The number of hydrogen-bond donors (Lipinski definition) is 2. The van der Waals surface area contributed by atoms with E-state index in [0.717, 1.165) is 12.0 Å². The van der Waals surface area contributed by atoms with E-state index in [9.17, 15) is 0 Å². The molecule has 0 aliphatic heterocycles. The first-order valence-corrected chi connectivity index (χ1v) is 5.05. The fourth-order valence-electron chi connectivity index (χ4n) is 0.490. The van der Waals surface area contributed by atoms with E-state index in [1.807, 2.05) is 13.8 Å². The number of nitrogens with two attached hydrogens (primary N) is 1. The Morgan fingerprint density at radius 3 is 2.14 bits per heavy atom. The fraction of sp³-hybridized carbons (Fsp3) is 0.625. The Labute approximate surface area is 106 Å². The summed E-state index contributed by atoms with van der Waals surface area (Å²) in [4.78, 5) is 2.75. The largest absolute Gasteiger partial charge is 1.00 e. The van der Waals surface area contributed by atoms with Gasteiger partial charge in [-0.15, -0.1) is 0 Å². The van der Waals surface area contributed by atoms with Gasteiger partial charge < -0.3 is 12.4 Å². The van der Waals surface area contributed by atoms with E-state index < -0.39 is 4.33 Å². The summed E-state index contributed by atoms with van der Waals surface area (Å²) in [6.45, 7) is 5.47. The third-order valence-electron chi connectivity index (χ3n) is 1.62. The molecule has 0 aromatic heterocycles. The average Bonchev–Trinajstić information content (AvgIpc) is 2.01. The third-order valence-corrected chi connectivity index (χ3v) is 2.45. The molecule has 0 aromatic rings. The Bertz CT molecular complexity index is 240. The maximum atomic E-state index is 5.88. The molecule has 0 amide bonds. The van der Waals surface area contributed by atoms with E-state index >= 15 is 0 Å². The average molecular weight is 280 g/mol. The van der Waals surface area contributed by atoms with Crippen LogP contribution >= 0.6 is 34.8 Å². The zero-order valence-electron chi connectivity index (χ0n) is 8.30. The molecule has 0 atom stereocenters. The van der Waals surface area contributed by atoms with Crippen molar-refractivity contribution < 1.29 is 17.4 Å². The highest BCUT2D eigenvalue weighted by atomic mass is 35.5. The highest BCUT2D eigenvalue weighted by Crippen LogP contribution is 2.17. The van der Waals surface area contributed by atoms with Gasteiger partial charge in [0, 0.05) is 0 Å². The summed E-state index contributed by atoms with van der Waals surface area (Å²) in [5.74, 6) is 0.230. The van der Waals surface area contributed by atoms with Crippen LogP contribution in [0.25, 0.3) is 0 Å². The van der Waals surface area contributed by atoms with E-state index in [1.165, 1.54) is 0 Å². The molecule has 0 bridgehead atoms. The van der Waals surface area contributed by atoms with Gasteiger partial charge in [-0.3, -0.25) is 5.73 Å². The highest BCUT2D eigenvalue weighted by molar-refractivity contribution is 6.57. The van der Waals surface area contributed by atoms with E-state index in [4.69, 9.17) is 40.5 Å². The minimum atomic E-state index is -1.12. The van der Waals surface area contributed by atoms with Crippen LogP contribution in [0.2, 0.25) is 0 Å². The Hall–Kier alpha value is 0.370. The van der Waals surface area contributed by atoms with Crippen LogP contribution in [0.4, 0.5) is 0 Å². The van der Waals surface area contributed by atoms with Crippen molar-refractivity contribution in [1.82, 2.24) is 0 Å². The van der Waals surface area contributed by atoms with Gasteiger partial charge in [0.25, 0.3) is 5.84 Å². The molecular formula is C8H14Cl4N2. The van der Waals surface area contributed by atoms with Gasteiger partial charge in [0.1, 0.15) is 0 Å². The van der Waals surface area contributed by atoms with Gasteiger partial charge in [-0.1, -0.05) is 30.1 Å². The van der Waals surface area contributed by atoms with Gasteiger partial charge in [-0.2, -0.15) is 0 Å². The summed E-state index contributed by atoms with van der Waals surface area (Å²) in [5, 5.41) is 0.479. The lowest BCUT2D eigenvalue weighted by molar-refractivity contribution is -0.387. The summed E-state index contributed by atoms with van der Waals surface area (Å²) in [6, 6.07) is 0. The number of amidine groups is 1. The normalized spacial score (nSPS) is 14.6. The second-order valence-corrected chi connectivity index (χ2v) is 4.96. The van der Waals surface area contributed by atoms with Crippen molar-refractivity contribution in [2.24, 2.45) is 5.73 Å². The van der Waals surface area contributed by atoms with Crippen molar-refractivity contribution in [2.75, 3.05) is 0 Å². The topological polar surface area (TPSA) is 40.0 Å². The molecule has 6 heteroatoms. The SMILES string of the molecule is CC/C(C)=C(Cl)\[NH+]=C(\N)C(C)(Cl)Cl.[Cl-]. The summed E-state index contributed by atoms with van der Waals surface area (Å²) >= 11 is 17.4. The lowest BCUT2D eigenvalue weighted by atomic mass is 10.2. The van der Waals surface area contributed by atoms with Gasteiger partial charge in [-0.05, 0) is 37.4 Å². The summed E-state index contributed by atoms with van der Waals surface area (Å²) < 4.78 is -1.12. The summed E-state index contributed by atoms with van der Waals surface area (Å²) in [6.07, 6.45) is 0.848. The molecule has 14 heavy (non-hydrogen) atoms. The minimum absolute atomic E-state index is 0. The van der Waals surface area contributed by atoms with Crippen LogP contribution in [0.15, 0.2) is 10.7 Å². The molecule has 0 saturated heterocycles. The number of halogens is 4. The van der Waals surface area contributed by atoms with Crippen molar-refractivity contribution >= 4 is 40.6 Å². The van der Waals surface area contributed by atoms with Gasteiger partial charge in [0.2, 0.25) is 4.33 Å². The van der Waals surface area contributed by atoms with E-state index in [0.29, 0.717) is 5.16 Å². The number of rotatable bonds is 3. The molecule has 2 nitrogen and oxygen atoms in total. The quantitative estimate of drug-likeness (QED) is 0.281. The van der Waals surface area contributed by atoms with Crippen LogP contribution in [-0.4, -0.2) is 10.2 Å². The van der Waals surface area contributed by atoms with Crippen LogP contribution in [0, 0.1) is 0 Å². The van der Waals surface area contributed by atoms with Crippen LogP contribution < -0.4 is 23.1 Å². The number of nitrogens with one attached hydrogen (secondary N) is 1. The fourth-order valence-corrected chi connectivity index (χ4v) is 0.820. The van der Waals surface area contributed by atoms with Crippen molar-refractivity contribution in [3.63, 3.8) is 0 Å². The van der Waals surface area contributed by atoms with Crippen molar-refractivity contribution in [1.29, 1.82) is 0 Å². The van der Waals surface area contributed by atoms with Crippen molar-refractivity contribution in [3.8, 4) is 0 Å². The number of hydrogen-bond acceptors (Lipinski definition) is 0. The minimum Gasteiger partial charge on any atom is -1.00 e. The summed E-state index contributed by atoms with van der Waals surface area (Å²) in [7, 11) is 0. The first-order valence-electron chi connectivity index (χ1n) is 3.92. The van der Waals surface area contributed by atoms with E-state index in [2.05, 4.69) is 4.99 Å². The second kappa shape index (κ2) is 6.78. The lowest BCUT2D eigenvalue weighted by Gasteiger charge is -2.06. The maximum Gasteiger partial charge on any atom is 0.282 e. The molecule has 0 aliphatic rings. The molecule has 0 aromatic carbocycles. The molecule has 3 N–H and O–H groups in total. The van der Waals surface area contributed by atoms with Crippen LogP contribution in [0.5, 0.6) is 0 Å². The highest BCUT2D eigenvalue weighted by Gasteiger charge is 2.27. The standard InChI is InChI=1S/C8H13Cl3N2.ClH/c1-4-5(2)6(9)13-7(12)8(3,10)11;/h4H2,1-3H3,(H2,12,13);1H/b6-5-;. The molecule has 0 heterocycles. The molecule has 0 radical (unpaired) electrons. The first-order chi connectivity index (χ1) is 5.79. The molecule has 0 saturated carbocycles. The molecule has 84 valence electrons. The lowest BCUT2D eigenvalue weighted by Crippen LogP contribution is -3.00. The van der Waals surface area contributed by atoms with Crippen LogP contribution in [-0.2, 0) is 0 Å². The maximum absolute atomic E-state index is 5.88. The smallest absolute Gasteiger partial charge is 0.282 e. The predicted octanol–water partition coefficient (Wildman–Crippen LogP) is -1.50. The van der Waals surface area contributed by atoms with Gasteiger partial charge >= 0.3 is 0 Å². The predicted molar refractivity (Wildman–Crippen MR) is 59.1 cm³/mol. The zero-order valence-corrected chi connectivity index (χ0v) is 11.3. The molecule has 0 rings (SSSR count). The van der Waals surface area contributed by atoms with Crippen LogP contribution in [0.3, 0.4) is 0 Å². The molecule has 0 fully saturated rings. The third kappa shape index (κ3) is 5.97. The number of allylic oxidation sites excluding steroid dienone is 1. The first kappa shape index (κ1) is 16.8. The molecular weight excluding hydrogens is 266 g/mol. The Kier molecular flexibility index (Phi) is 8.13. The summed E-state index contributed by atoms with van der Waals surface area (Å²) in [5.41, 5.74) is 6.57. The number of alkyl halides is 2. The van der Waals surface area contributed by atoms with Crippen molar-refractivity contribution in [2.45, 2.75) is 31.5 Å². The van der Waals surface area contributed by atoms with E-state index in [1.54, 1.807) is 6.92 Å². The van der Waals surface area contributed by atoms with Crippen molar-refractivity contribution in [3.05, 3.63) is 10.7 Å². The van der Waals surface area contributed by atoms with Gasteiger partial charge in [0.05, 0.1) is 0 Å². The van der Waals surface area contributed by atoms with Crippen LogP contribution in [0.1, 0.15) is 27.2 Å². The van der Waals surface area contributed by atoms with Gasteiger partial charge in [0.15, 0.2) is 5.16 Å². The zero-order chi connectivity index (χ0) is 10.6. The van der Waals surface area contributed by atoms with E-state index in [-0.39, 0.29) is 18.2 Å². The Morgan fingerprint density at radius 2 is 1.86 bits per heavy atom. The van der Waals surface area contributed by atoms with Gasteiger partial charge in [-0.25, -0.2) is 4.99 Å². The monoisotopic (exact) mass is 278 g/mol. The second-order valence-electron chi connectivity index (χ2n) is 2.87.